The average molecular weight is 390 g/mol. The molecule has 0 heterocycles. The van der Waals surface area contributed by atoms with E-state index in [4.69, 9.17) is 5.73 Å². The van der Waals surface area contributed by atoms with Gasteiger partial charge in [0.15, 0.2) is 0 Å². The molecule has 0 spiro atoms. The Morgan fingerprint density at radius 3 is 2.33 bits per heavy atom. The fourth-order valence-corrected chi connectivity index (χ4v) is 3.02. The van der Waals surface area contributed by atoms with Crippen molar-refractivity contribution >= 4 is 28.3 Å². The van der Waals surface area contributed by atoms with E-state index >= 15 is 0 Å². The number of alkyl halides is 3. The number of rotatable bonds is 6. The Bertz CT molecular complexity index is 679. The molecule has 0 unspecified atom stereocenters. The number of amides is 1. The number of benzene rings is 1. The summed E-state index contributed by atoms with van der Waals surface area (Å²) in [4.78, 5) is 11.4. The van der Waals surface area contributed by atoms with Crippen LogP contribution in [0.2, 0.25) is 0 Å². The minimum atomic E-state index is -4.55. The lowest BCUT2D eigenvalue weighted by Crippen LogP contribution is -2.48. The van der Waals surface area contributed by atoms with E-state index in [2.05, 4.69) is 4.72 Å². The zero-order valence-corrected chi connectivity index (χ0v) is 14.6. The Labute approximate surface area is 144 Å². The smallest absolute Gasteiger partial charge is 0.343 e. The topological polar surface area (TPSA) is 101 Å². The molecule has 11 heteroatoms. The van der Waals surface area contributed by atoms with Crippen molar-refractivity contribution in [3.63, 3.8) is 0 Å². The third-order valence-electron chi connectivity index (χ3n) is 2.78. The van der Waals surface area contributed by atoms with Crippen molar-refractivity contribution in [2.75, 3.05) is 13.1 Å². The van der Waals surface area contributed by atoms with Gasteiger partial charge in [-0.3, -0.25) is 4.79 Å². The minimum absolute atomic E-state index is 0. The summed E-state index contributed by atoms with van der Waals surface area (Å²) in [5.41, 5.74) is 4.35. The van der Waals surface area contributed by atoms with Crippen LogP contribution in [0.15, 0.2) is 29.2 Å². The van der Waals surface area contributed by atoms with Crippen LogP contribution < -0.4 is 15.8 Å². The summed E-state index contributed by atoms with van der Waals surface area (Å²) < 4.78 is 63.1. The lowest BCUT2D eigenvalue weighted by atomic mass is 10.1. The fraction of sp³-hybridized carbons (Fsp3) is 0.462. The van der Waals surface area contributed by atoms with Crippen molar-refractivity contribution in [2.24, 2.45) is 5.73 Å². The monoisotopic (exact) mass is 389 g/mol. The van der Waals surface area contributed by atoms with Crippen LogP contribution in [0.5, 0.6) is 0 Å². The molecule has 0 atom stereocenters. The van der Waals surface area contributed by atoms with Gasteiger partial charge in [0.25, 0.3) is 5.91 Å². The molecule has 24 heavy (non-hydrogen) atoms. The first kappa shape index (κ1) is 22.6. The molecule has 0 aliphatic carbocycles. The molecule has 1 amide bonds. The number of carbonyl (C=O) groups is 1. The van der Waals surface area contributed by atoms with Crippen LogP contribution in [0, 0.1) is 0 Å². The van der Waals surface area contributed by atoms with Gasteiger partial charge in [-0.1, -0.05) is 6.07 Å². The van der Waals surface area contributed by atoms with Crippen LogP contribution in [0.3, 0.4) is 0 Å². The number of nitrogens with two attached hydrogens (primary N) is 1. The summed E-state index contributed by atoms with van der Waals surface area (Å²) in [6.45, 7) is 1.69. The molecule has 6 nitrogen and oxygen atoms in total. The molecule has 0 fully saturated rings. The second-order valence-corrected chi connectivity index (χ2v) is 7.20. The van der Waals surface area contributed by atoms with Gasteiger partial charge in [-0.15, -0.1) is 12.4 Å². The van der Waals surface area contributed by atoms with Gasteiger partial charge in [-0.2, -0.15) is 13.2 Å². The van der Waals surface area contributed by atoms with Gasteiger partial charge >= 0.3 is 6.18 Å². The third-order valence-corrected chi connectivity index (χ3v) is 4.47. The second kappa shape index (κ2) is 8.15. The van der Waals surface area contributed by atoms with E-state index in [1.165, 1.54) is 18.2 Å². The van der Waals surface area contributed by atoms with Gasteiger partial charge in [0.2, 0.25) is 10.0 Å². The van der Waals surface area contributed by atoms with Crippen LogP contribution in [0.1, 0.15) is 24.2 Å². The maximum atomic E-state index is 12.2. The second-order valence-electron chi connectivity index (χ2n) is 5.52. The molecule has 0 radical (unpaired) electrons. The van der Waals surface area contributed by atoms with Crippen LogP contribution in [-0.4, -0.2) is 39.1 Å². The largest absolute Gasteiger partial charge is 0.405 e. The van der Waals surface area contributed by atoms with Crippen molar-refractivity contribution < 1.29 is 26.4 Å². The van der Waals surface area contributed by atoms with Crippen molar-refractivity contribution in [3.05, 3.63) is 29.8 Å². The predicted molar refractivity (Wildman–Crippen MR) is 85.5 cm³/mol. The van der Waals surface area contributed by atoms with Crippen molar-refractivity contribution in [1.82, 2.24) is 10.0 Å². The van der Waals surface area contributed by atoms with Crippen LogP contribution in [0.25, 0.3) is 0 Å². The summed E-state index contributed by atoms with van der Waals surface area (Å²) in [6.07, 6.45) is -4.55. The predicted octanol–water partition coefficient (Wildman–Crippen LogP) is 1.42. The number of hydrogen-bond donors (Lipinski definition) is 3. The van der Waals surface area contributed by atoms with Crippen molar-refractivity contribution in [1.29, 1.82) is 0 Å². The molecular formula is C13H19ClF3N3O3S. The molecule has 138 valence electrons. The maximum absolute atomic E-state index is 12.2. The van der Waals surface area contributed by atoms with Gasteiger partial charge in [0, 0.05) is 17.6 Å². The third kappa shape index (κ3) is 7.04. The quantitative estimate of drug-likeness (QED) is 0.684. The molecule has 0 aromatic heterocycles. The van der Waals surface area contributed by atoms with Gasteiger partial charge in [-0.05, 0) is 32.0 Å². The van der Waals surface area contributed by atoms with Gasteiger partial charge < -0.3 is 11.1 Å². The molecular weight excluding hydrogens is 371 g/mol. The highest BCUT2D eigenvalue weighted by Crippen LogP contribution is 2.16. The van der Waals surface area contributed by atoms with Gasteiger partial charge in [0.05, 0.1) is 4.90 Å². The van der Waals surface area contributed by atoms with Crippen molar-refractivity contribution in [2.45, 2.75) is 30.5 Å². The van der Waals surface area contributed by atoms with E-state index in [9.17, 15) is 26.4 Å². The first-order valence-corrected chi connectivity index (χ1v) is 8.04. The van der Waals surface area contributed by atoms with Crippen LogP contribution in [-0.2, 0) is 10.0 Å². The van der Waals surface area contributed by atoms with Gasteiger partial charge in [-0.25, -0.2) is 13.1 Å². The summed E-state index contributed by atoms with van der Waals surface area (Å²) in [6, 6.07) is 4.72. The summed E-state index contributed by atoms with van der Waals surface area (Å²) in [7, 11) is -3.96. The molecule has 0 saturated heterocycles. The molecule has 1 aromatic carbocycles. The summed E-state index contributed by atoms with van der Waals surface area (Å²) in [5, 5.41) is 1.68. The van der Waals surface area contributed by atoms with E-state index in [0.29, 0.717) is 0 Å². The van der Waals surface area contributed by atoms with E-state index in [1.807, 2.05) is 0 Å². The van der Waals surface area contributed by atoms with Crippen LogP contribution >= 0.6 is 12.4 Å². The van der Waals surface area contributed by atoms with E-state index in [-0.39, 0.29) is 29.4 Å². The van der Waals surface area contributed by atoms with E-state index < -0.39 is 34.2 Å². The summed E-state index contributed by atoms with van der Waals surface area (Å²) >= 11 is 0. The number of carbonyl (C=O) groups excluding carboxylic acids is 1. The Balaban J connectivity index is 0.00000529. The van der Waals surface area contributed by atoms with Crippen LogP contribution in [0.4, 0.5) is 13.2 Å². The Morgan fingerprint density at radius 2 is 1.83 bits per heavy atom. The fourth-order valence-electron chi connectivity index (χ4n) is 1.55. The first-order chi connectivity index (χ1) is 10.4. The summed E-state index contributed by atoms with van der Waals surface area (Å²) in [5.74, 6) is -1.02. The molecule has 0 saturated carbocycles. The zero-order valence-electron chi connectivity index (χ0n) is 13.0. The Hall–Kier alpha value is -1.36. The Kier molecular flexibility index (Phi) is 7.68. The lowest BCUT2D eigenvalue weighted by Gasteiger charge is -2.24. The van der Waals surface area contributed by atoms with Crippen molar-refractivity contribution in [3.8, 4) is 0 Å². The zero-order chi connectivity index (χ0) is 17.9. The number of sulfonamides is 1. The number of nitrogens with one attached hydrogen (secondary N) is 2. The lowest BCUT2D eigenvalue weighted by molar-refractivity contribution is -0.123. The number of hydrogen-bond acceptors (Lipinski definition) is 4. The highest BCUT2D eigenvalue weighted by Gasteiger charge is 2.28. The van der Waals surface area contributed by atoms with Gasteiger partial charge in [0.1, 0.15) is 6.54 Å². The molecule has 4 N–H and O–H groups in total. The van der Waals surface area contributed by atoms with E-state index in [1.54, 1.807) is 19.2 Å². The standard InChI is InChI=1S/C13H18F3N3O3S.ClH/c1-12(2,7-17)19-23(21,22)10-5-3-4-9(6-10)11(20)18-8-13(14,15)16;/h3-6,19H,7-8,17H2,1-2H3,(H,18,20);1H. The SMILES string of the molecule is CC(C)(CN)NS(=O)(=O)c1cccc(C(=O)NCC(F)(F)F)c1.Cl. The highest BCUT2D eigenvalue weighted by molar-refractivity contribution is 7.89. The minimum Gasteiger partial charge on any atom is -0.343 e. The molecule has 0 aliphatic rings. The molecule has 1 aromatic rings. The van der Waals surface area contributed by atoms with E-state index in [0.717, 1.165) is 6.07 Å². The molecule has 1 rings (SSSR count). The molecule has 0 bridgehead atoms. The average Bonchev–Trinajstić information content (AvgIpc) is 2.43. The first-order valence-electron chi connectivity index (χ1n) is 6.55. The maximum Gasteiger partial charge on any atom is 0.405 e. The Morgan fingerprint density at radius 1 is 1.25 bits per heavy atom. The molecule has 0 aliphatic heterocycles. The highest BCUT2D eigenvalue weighted by atomic mass is 35.5. The number of halogens is 4. The normalized spacial score (nSPS) is 12.4.